The van der Waals surface area contributed by atoms with E-state index in [0.717, 1.165) is 36.1 Å². The minimum Gasteiger partial charge on any atom is -0.312 e. The highest BCUT2D eigenvalue weighted by atomic mass is 32.2. The van der Waals surface area contributed by atoms with Crippen LogP contribution in [0.3, 0.4) is 0 Å². The zero-order valence-corrected chi connectivity index (χ0v) is 15.6. The quantitative estimate of drug-likeness (QED) is 0.878. The van der Waals surface area contributed by atoms with Gasteiger partial charge in [0.25, 0.3) is 10.0 Å². The largest absolute Gasteiger partial charge is 0.312 e. The molecule has 1 heterocycles. The Morgan fingerprint density at radius 3 is 2.54 bits per heavy atom. The zero-order chi connectivity index (χ0) is 18.3. The summed E-state index contributed by atoms with van der Waals surface area (Å²) in [7, 11) is -3.65. The smallest absolute Gasteiger partial charge is 0.261 e. The van der Waals surface area contributed by atoms with Gasteiger partial charge in [-0.25, -0.2) is 8.42 Å². The van der Waals surface area contributed by atoms with Crippen molar-refractivity contribution < 1.29 is 13.2 Å². The second-order valence-corrected chi connectivity index (χ2v) is 8.64. The number of nitrogens with one attached hydrogen (secondary N) is 1. The van der Waals surface area contributed by atoms with Crippen LogP contribution in [0.15, 0.2) is 47.4 Å². The number of hydrogen-bond donors (Lipinski definition) is 1. The molecule has 1 amide bonds. The molecule has 0 unspecified atom stereocenters. The first-order valence-corrected chi connectivity index (χ1v) is 10.5. The summed E-state index contributed by atoms with van der Waals surface area (Å²) in [6, 6.07) is 12.4. The van der Waals surface area contributed by atoms with Crippen LogP contribution in [0, 0.1) is 5.92 Å². The average molecular weight is 370 g/mol. The van der Waals surface area contributed by atoms with Crippen LogP contribution in [0.25, 0.3) is 0 Å². The first-order chi connectivity index (χ1) is 12.5. The number of amides is 1. The van der Waals surface area contributed by atoms with Gasteiger partial charge in [-0.2, -0.15) is 0 Å². The highest BCUT2D eigenvalue weighted by Crippen LogP contribution is 2.37. The number of carbonyl (C=O) groups is 1. The summed E-state index contributed by atoms with van der Waals surface area (Å²) < 4.78 is 28.0. The number of anilines is 2. The molecule has 6 heteroatoms. The van der Waals surface area contributed by atoms with Gasteiger partial charge >= 0.3 is 0 Å². The van der Waals surface area contributed by atoms with Crippen molar-refractivity contribution in [3.63, 3.8) is 0 Å². The van der Waals surface area contributed by atoms with Gasteiger partial charge in [-0.05, 0) is 67.1 Å². The third-order valence-corrected chi connectivity index (χ3v) is 6.44. The number of hydrogen-bond acceptors (Lipinski definition) is 3. The van der Waals surface area contributed by atoms with Gasteiger partial charge in [0.05, 0.1) is 4.90 Å². The van der Waals surface area contributed by atoms with Crippen molar-refractivity contribution in [1.29, 1.82) is 0 Å². The van der Waals surface area contributed by atoms with E-state index in [4.69, 9.17) is 0 Å². The van der Waals surface area contributed by atoms with E-state index in [1.165, 1.54) is 0 Å². The topological polar surface area (TPSA) is 66.5 Å². The van der Waals surface area contributed by atoms with Gasteiger partial charge in [-0.1, -0.05) is 19.1 Å². The molecule has 136 valence electrons. The van der Waals surface area contributed by atoms with Gasteiger partial charge < -0.3 is 4.90 Å². The van der Waals surface area contributed by atoms with Crippen molar-refractivity contribution in [2.24, 2.45) is 5.92 Å². The summed E-state index contributed by atoms with van der Waals surface area (Å²) in [4.78, 5) is 14.4. The number of nitrogens with zero attached hydrogens (tertiary/aromatic N) is 1. The Morgan fingerprint density at radius 1 is 1.15 bits per heavy atom. The summed E-state index contributed by atoms with van der Waals surface area (Å²) in [5.74, 6) is 0.339. The number of aryl methyl sites for hydroxylation is 1. The molecule has 2 aromatic carbocycles. The molecule has 1 saturated carbocycles. The minimum absolute atomic E-state index is 0.164. The summed E-state index contributed by atoms with van der Waals surface area (Å²) in [5.41, 5.74) is 3.48. The molecular weight excluding hydrogens is 348 g/mol. The van der Waals surface area contributed by atoms with Gasteiger partial charge in [0.1, 0.15) is 0 Å². The third kappa shape index (κ3) is 3.21. The normalized spacial score (nSPS) is 16.4. The van der Waals surface area contributed by atoms with Gasteiger partial charge in [-0.3, -0.25) is 9.52 Å². The molecule has 26 heavy (non-hydrogen) atoms. The van der Waals surface area contributed by atoms with E-state index in [1.54, 1.807) is 35.2 Å². The maximum Gasteiger partial charge on any atom is 0.261 e. The van der Waals surface area contributed by atoms with Crippen LogP contribution in [-0.4, -0.2) is 20.9 Å². The number of fused-ring (bicyclic) bond motifs is 1. The average Bonchev–Trinajstić information content (AvgIpc) is 3.40. The SMILES string of the molecule is CCc1ccc(NS(=O)(=O)c2ccc3c(c2)CCN3C(=O)C2CC2)cc1. The second kappa shape index (κ2) is 6.43. The van der Waals surface area contributed by atoms with Crippen molar-refractivity contribution >= 4 is 27.3 Å². The molecule has 1 N–H and O–H groups in total. The molecule has 2 aliphatic rings. The monoisotopic (exact) mass is 370 g/mol. The van der Waals surface area contributed by atoms with Gasteiger partial charge in [-0.15, -0.1) is 0 Å². The van der Waals surface area contributed by atoms with Crippen LogP contribution < -0.4 is 9.62 Å². The van der Waals surface area contributed by atoms with Crippen molar-refractivity contribution in [1.82, 2.24) is 0 Å². The van der Waals surface area contributed by atoms with Gasteiger partial charge in [0.2, 0.25) is 5.91 Å². The highest BCUT2D eigenvalue weighted by molar-refractivity contribution is 7.92. The summed E-state index contributed by atoms with van der Waals surface area (Å²) >= 11 is 0. The predicted molar refractivity (Wildman–Crippen MR) is 102 cm³/mol. The summed E-state index contributed by atoms with van der Waals surface area (Å²) in [6.45, 7) is 2.70. The highest BCUT2D eigenvalue weighted by Gasteiger charge is 2.36. The van der Waals surface area contributed by atoms with E-state index in [2.05, 4.69) is 11.6 Å². The first-order valence-electron chi connectivity index (χ1n) is 9.04. The Kier molecular flexibility index (Phi) is 4.23. The predicted octanol–water partition coefficient (Wildman–Crippen LogP) is 3.35. The second-order valence-electron chi connectivity index (χ2n) is 6.96. The molecule has 5 nitrogen and oxygen atoms in total. The molecule has 0 bridgehead atoms. The van der Waals surface area contributed by atoms with Crippen LogP contribution in [0.4, 0.5) is 11.4 Å². The lowest BCUT2D eigenvalue weighted by Gasteiger charge is -2.17. The van der Waals surface area contributed by atoms with Crippen LogP contribution in [0.1, 0.15) is 30.9 Å². The zero-order valence-electron chi connectivity index (χ0n) is 14.7. The van der Waals surface area contributed by atoms with Crippen molar-refractivity contribution in [2.75, 3.05) is 16.2 Å². The molecular formula is C20H22N2O3S. The number of benzene rings is 2. The number of carbonyl (C=O) groups excluding carboxylic acids is 1. The number of rotatable bonds is 5. The molecule has 0 radical (unpaired) electrons. The molecule has 1 aliphatic heterocycles. The molecule has 2 aromatic rings. The van der Waals surface area contributed by atoms with E-state index in [9.17, 15) is 13.2 Å². The number of sulfonamides is 1. The van der Waals surface area contributed by atoms with Crippen molar-refractivity contribution in [3.8, 4) is 0 Å². The fourth-order valence-electron chi connectivity index (χ4n) is 3.35. The Hall–Kier alpha value is -2.34. The van der Waals surface area contributed by atoms with Crippen LogP contribution >= 0.6 is 0 Å². The molecule has 0 aromatic heterocycles. The Labute approximate surface area is 154 Å². The Morgan fingerprint density at radius 2 is 1.88 bits per heavy atom. The van der Waals surface area contributed by atoms with E-state index >= 15 is 0 Å². The lowest BCUT2D eigenvalue weighted by molar-refractivity contribution is -0.119. The van der Waals surface area contributed by atoms with Gasteiger partial charge in [0.15, 0.2) is 0 Å². The van der Waals surface area contributed by atoms with E-state index in [0.29, 0.717) is 18.7 Å². The minimum atomic E-state index is -3.65. The van der Waals surface area contributed by atoms with E-state index < -0.39 is 10.0 Å². The first kappa shape index (κ1) is 17.1. The molecule has 0 spiro atoms. The lowest BCUT2D eigenvalue weighted by Crippen LogP contribution is -2.30. The molecule has 1 aliphatic carbocycles. The maximum atomic E-state index is 12.7. The fourth-order valence-corrected chi connectivity index (χ4v) is 4.46. The Bertz CT molecular complexity index is 948. The standard InChI is InChI=1S/C20H22N2O3S/c1-2-14-3-7-17(8-4-14)21-26(24,25)18-9-10-19-16(13-18)11-12-22(19)20(23)15-5-6-15/h3-4,7-10,13,15,21H,2,5-6,11-12H2,1H3. The summed E-state index contributed by atoms with van der Waals surface area (Å²) in [6.07, 6.45) is 3.55. The molecule has 1 fully saturated rings. The summed E-state index contributed by atoms with van der Waals surface area (Å²) in [5, 5.41) is 0. The van der Waals surface area contributed by atoms with Crippen LogP contribution in [-0.2, 0) is 27.7 Å². The van der Waals surface area contributed by atoms with Crippen molar-refractivity contribution in [2.45, 2.75) is 37.5 Å². The van der Waals surface area contributed by atoms with E-state index in [1.807, 2.05) is 12.1 Å². The lowest BCUT2D eigenvalue weighted by atomic mass is 10.2. The Balaban J connectivity index is 1.56. The van der Waals surface area contributed by atoms with Crippen LogP contribution in [0.2, 0.25) is 0 Å². The molecule has 4 rings (SSSR count). The third-order valence-electron chi connectivity index (χ3n) is 5.06. The van der Waals surface area contributed by atoms with Crippen molar-refractivity contribution in [3.05, 3.63) is 53.6 Å². The van der Waals surface area contributed by atoms with Crippen LogP contribution in [0.5, 0.6) is 0 Å². The molecule has 0 atom stereocenters. The fraction of sp³-hybridized carbons (Fsp3) is 0.350. The molecule has 0 saturated heterocycles. The van der Waals surface area contributed by atoms with Gasteiger partial charge in [0, 0.05) is 23.8 Å². The van der Waals surface area contributed by atoms with E-state index in [-0.39, 0.29) is 16.7 Å². The maximum absolute atomic E-state index is 12.7.